The van der Waals surface area contributed by atoms with Gasteiger partial charge in [0.1, 0.15) is 11.6 Å². The Morgan fingerprint density at radius 2 is 1.92 bits per heavy atom. The third kappa shape index (κ3) is 4.37. The van der Waals surface area contributed by atoms with Crippen molar-refractivity contribution < 1.29 is 24.2 Å². The Morgan fingerprint density at radius 3 is 2.52 bits per heavy atom. The first-order valence-electron chi connectivity index (χ1n) is 6.96. The van der Waals surface area contributed by atoms with Gasteiger partial charge in [-0.15, -0.1) is 0 Å². The predicted molar refractivity (Wildman–Crippen MR) is 90.6 cm³/mol. The molecule has 0 bridgehead atoms. The van der Waals surface area contributed by atoms with E-state index in [0.717, 1.165) is 0 Å². The van der Waals surface area contributed by atoms with E-state index in [0.29, 0.717) is 5.56 Å². The number of rotatable bonds is 5. The van der Waals surface area contributed by atoms with Gasteiger partial charge in [0.2, 0.25) is 0 Å². The van der Waals surface area contributed by atoms with Gasteiger partial charge in [-0.2, -0.15) is 5.26 Å². The lowest BCUT2D eigenvalue weighted by atomic mass is 10.1. The SMILES string of the molecule is COc1cc(/C=C(\C#N)C(=O)O)ccc1OC(=O)c1ccccc1Cl. The fraction of sp³-hybridized carbons (Fsp3) is 0.0556. The Morgan fingerprint density at radius 1 is 1.20 bits per heavy atom. The number of carbonyl (C=O) groups is 2. The normalized spacial score (nSPS) is 10.7. The number of carboxylic acid groups (broad SMARTS) is 1. The molecule has 0 aliphatic rings. The minimum atomic E-state index is -1.34. The molecule has 0 spiro atoms. The van der Waals surface area contributed by atoms with Crippen molar-refractivity contribution in [1.29, 1.82) is 5.26 Å². The number of nitriles is 1. The molecule has 1 N–H and O–H groups in total. The number of benzene rings is 2. The Hall–Kier alpha value is -3.30. The fourth-order valence-electron chi connectivity index (χ4n) is 1.95. The van der Waals surface area contributed by atoms with Crippen LogP contribution < -0.4 is 9.47 Å². The molecule has 0 aliphatic carbocycles. The van der Waals surface area contributed by atoms with E-state index >= 15 is 0 Å². The third-order valence-corrected chi connectivity index (χ3v) is 3.48. The van der Waals surface area contributed by atoms with Crippen LogP contribution in [0.4, 0.5) is 0 Å². The first-order valence-corrected chi connectivity index (χ1v) is 7.34. The molecule has 0 aromatic heterocycles. The standard InChI is InChI=1S/C18H12ClNO5/c1-24-16-9-11(8-12(10-20)17(21)22)6-7-15(16)25-18(23)13-4-2-3-5-14(13)19/h2-9H,1H3,(H,21,22)/b12-8+. The van der Waals surface area contributed by atoms with E-state index in [4.69, 9.17) is 31.4 Å². The second kappa shape index (κ2) is 7.99. The van der Waals surface area contributed by atoms with E-state index < -0.39 is 17.5 Å². The van der Waals surface area contributed by atoms with Gasteiger partial charge in [0.15, 0.2) is 11.5 Å². The summed E-state index contributed by atoms with van der Waals surface area (Å²) >= 11 is 5.96. The zero-order chi connectivity index (χ0) is 18.4. The molecule has 25 heavy (non-hydrogen) atoms. The second-order valence-corrected chi connectivity index (χ2v) is 5.16. The summed E-state index contributed by atoms with van der Waals surface area (Å²) < 4.78 is 10.4. The molecule has 7 heteroatoms. The molecule has 0 unspecified atom stereocenters. The van der Waals surface area contributed by atoms with Crippen LogP contribution in [0, 0.1) is 11.3 Å². The number of hydrogen-bond donors (Lipinski definition) is 1. The topological polar surface area (TPSA) is 96.6 Å². The van der Waals surface area contributed by atoms with Gasteiger partial charge in [-0.3, -0.25) is 0 Å². The minimum Gasteiger partial charge on any atom is -0.493 e. The van der Waals surface area contributed by atoms with Crippen LogP contribution >= 0.6 is 11.6 Å². The lowest BCUT2D eigenvalue weighted by molar-refractivity contribution is -0.132. The highest BCUT2D eigenvalue weighted by Crippen LogP contribution is 2.30. The molecule has 0 aliphatic heterocycles. The Kier molecular flexibility index (Phi) is 5.77. The predicted octanol–water partition coefficient (Wildman–Crippen LogP) is 3.56. The number of ether oxygens (including phenoxy) is 2. The van der Waals surface area contributed by atoms with Crippen LogP contribution in [0.15, 0.2) is 48.0 Å². The summed E-state index contributed by atoms with van der Waals surface area (Å²) in [4.78, 5) is 23.1. The number of hydrogen-bond acceptors (Lipinski definition) is 5. The molecule has 0 atom stereocenters. The third-order valence-electron chi connectivity index (χ3n) is 3.15. The number of halogens is 1. The van der Waals surface area contributed by atoms with E-state index in [1.54, 1.807) is 24.3 Å². The van der Waals surface area contributed by atoms with Crippen molar-refractivity contribution in [1.82, 2.24) is 0 Å². The molecule has 0 radical (unpaired) electrons. The molecule has 2 aromatic carbocycles. The van der Waals surface area contributed by atoms with Gasteiger partial charge in [-0.05, 0) is 35.9 Å². The molecule has 0 fully saturated rings. The first-order chi connectivity index (χ1) is 12.0. The lowest BCUT2D eigenvalue weighted by Crippen LogP contribution is -2.09. The molecule has 0 saturated carbocycles. The van der Waals surface area contributed by atoms with Crippen molar-refractivity contribution in [2.75, 3.05) is 7.11 Å². The summed E-state index contributed by atoms with van der Waals surface area (Å²) in [7, 11) is 1.37. The quantitative estimate of drug-likeness (QED) is 0.380. The van der Waals surface area contributed by atoms with E-state index in [9.17, 15) is 9.59 Å². The van der Waals surface area contributed by atoms with Gasteiger partial charge in [0, 0.05) is 0 Å². The largest absolute Gasteiger partial charge is 0.493 e. The van der Waals surface area contributed by atoms with Crippen molar-refractivity contribution in [3.63, 3.8) is 0 Å². The Balaban J connectivity index is 2.31. The zero-order valence-corrected chi connectivity index (χ0v) is 13.8. The number of nitrogens with zero attached hydrogens (tertiary/aromatic N) is 1. The summed E-state index contributed by atoms with van der Waals surface area (Å²) in [5.74, 6) is -1.65. The molecule has 2 aromatic rings. The van der Waals surface area contributed by atoms with Crippen molar-refractivity contribution in [2.45, 2.75) is 0 Å². The van der Waals surface area contributed by atoms with Gasteiger partial charge < -0.3 is 14.6 Å². The minimum absolute atomic E-state index is 0.137. The number of carbonyl (C=O) groups excluding carboxylic acids is 1. The van der Waals surface area contributed by atoms with Crippen molar-refractivity contribution in [3.8, 4) is 17.6 Å². The fourth-order valence-corrected chi connectivity index (χ4v) is 2.16. The number of methoxy groups -OCH3 is 1. The summed E-state index contributed by atoms with van der Waals surface area (Å²) in [6.45, 7) is 0. The van der Waals surface area contributed by atoms with Gasteiger partial charge in [-0.25, -0.2) is 9.59 Å². The van der Waals surface area contributed by atoms with Crippen LogP contribution in [0.1, 0.15) is 15.9 Å². The highest BCUT2D eigenvalue weighted by atomic mass is 35.5. The van der Waals surface area contributed by atoms with Crippen molar-refractivity contribution >= 4 is 29.6 Å². The smallest absolute Gasteiger partial charge is 0.346 e. The van der Waals surface area contributed by atoms with E-state index in [2.05, 4.69) is 0 Å². The van der Waals surface area contributed by atoms with Gasteiger partial charge in [0.25, 0.3) is 0 Å². The van der Waals surface area contributed by atoms with Crippen molar-refractivity contribution in [2.24, 2.45) is 0 Å². The first kappa shape index (κ1) is 18.0. The molecule has 0 heterocycles. The maximum Gasteiger partial charge on any atom is 0.346 e. The average molecular weight is 358 g/mol. The number of carboxylic acids is 1. The van der Waals surface area contributed by atoms with Gasteiger partial charge >= 0.3 is 11.9 Å². The summed E-state index contributed by atoms with van der Waals surface area (Å²) in [6, 6.07) is 12.4. The average Bonchev–Trinajstić information content (AvgIpc) is 2.60. The molecule has 0 amide bonds. The van der Waals surface area contributed by atoms with Gasteiger partial charge in [0.05, 0.1) is 17.7 Å². The highest BCUT2D eigenvalue weighted by Gasteiger charge is 2.15. The Labute approximate surface area is 148 Å². The number of aliphatic carboxylic acids is 1. The van der Waals surface area contributed by atoms with Crippen LogP contribution in [0.3, 0.4) is 0 Å². The summed E-state index contributed by atoms with van der Waals surface area (Å²) in [5, 5.41) is 17.9. The molecule has 126 valence electrons. The van der Waals surface area contributed by atoms with Crippen LogP contribution in [0.25, 0.3) is 6.08 Å². The summed E-state index contributed by atoms with van der Waals surface area (Å²) in [5.41, 5.74) is 0.184. The Bertz CT molecular complexity index is 899. The molecule has 2 rings (SSSR count). The van der Waals surface area contributed by atoms with E-state index in [1.807, 2.05) is 0 Å². The van der Waals surface area contributed by atoms with E-state index in [-0.39, 0.29) is 22.1 Å². The van der Waals surface area contributed by atoms with Crippen molar-refractivity contribution in [3.05, 3.63) is 64.2 Å². The molecular weight excluding hydrogens is 346 g/mol. The number of esters is 1. The summed E-state index contributed by atoms with van der Waals surface area (Å²) in [6.07, 6.45) is 1.19. The van der Waals surface area contributed by atoms with E-state index in [1.165, 1.54) is 37.5 Å². The lowest BCUT2D eigenvalue weighted by Gasteiger charge is -2.10. The highest BCUT2D eigenvalue weighted by molar-refractivity contribution is 6.33. The van der Waals surface area contributed by atoms with Crippen LogP contribution in [-0.4, -0.2) is 24.2 Å². The molecule has 6 nitrogen and oxygen atoms in total. The molecule has 0 saturated heterocycles. The van der Waals surface area contributed by atoms with Crippen LogP contribution in [0.5, 0.6) is 11.5 Å². The maximum atomic E-state index is 12.2. The zero-order valence-electron chi connectivity index (χ0n) is 13.0. The molecular formula is C18H12ClNO5. The second-order valence-electron chi connectivity index (χ2n) is 4.75. The van der Waals surface area contributed by atoms with Crippen LogP contribution in [0.2, 0.25) is 5.02 Å². The monoisotopic (exact) mass is 357 g/mol. The van der Waals surface area contributed by atoms with Gasteiger partial charge in [-0.1, -0.05) is 29.8 Å². The van der Waals surface area contributed by atoms with Crippen LogP contribution in [-0.2, 0) is 4.79 Å². The maximum absolute atomic E-state index is 12.2.